The Hall–Kier alpha value is -7.88. The third kappa shape index (κ3) is 4.58. The molecule has 0 atom stereocenters. The number of hydrogen-bond donors (Lipinski definition) is 0. The van der Waals surface area contributed by atoms with Crippen molar-refractivity contribution < 1.29 is 8.83 Å². The first kappa shape index (κ1) is 32.2. The van der Waals surface area contributed by atoms with E-state index >= 15 is 0 Å². The lowest BCUT2D eigenvalue weighted by Gasteiger charge is -2.18. The normalized spacial score (nSPS) is 12.1. The first-order valence-electron chi connectivity index (χ1n) is 20.2. The molecule has 0 aliphatic heterocycles. The Bertz CT molecular complexity index is 3780. The van der Waals surface area contributed by atoms with Gasteiger partial charge in [-0.2, -0.15) is 0 Å². The van der Waals surface area contributed by atoms with Crippen molar-refractivity contribution in [3.63, 3.8) is 0 Å². The Labute approximate surface area is 338 Å². The smallest absolute Gasteiger partial charge is 0.143 e. The summed E-state index contributed by atoms with van der Waals surface area (Å²) in [5.41, 5.74) is 12.8. The summed E-state index contributed by atoms with van der Waals surface area (Å²) in [6.07, 6.45) is 1.96. The molecule has 0 amide bonds. The lowest BCUT2D eigenvalue weighted by molar-refractivity contribution is 0.617. The summed E-state index contributed by atoms with van der Waals surface area (Å²) in [6, 6.07) is 69.8. The van der Waals surface area contributed by atoms with Gasteiger partial charge in [-0.05, 0) is 85.4 Å². The quantitative estimate of drug-likeness (QED) is 0.168. The van der Waals surface area contributed by atoms with Gasteiger partial charge < -0.3 is 13.4 Å². The maximum absolute atomic E-state index is 6.86. The summed E-state index contributed by atoms with van der Waals surface area (Å²) in [5, 5.41) is 12.8. The number of fused-ring (bicyclic) bond motifs is 11. The van der Waals surface area contributed by atoms with Gasteiger partial charge >= 0.3 is 0 Å². The molecule has 3 nitrogen and oxygen atoms in total. The molecule has 59 heavy (non-hydrogen) atoms. The number of para-hydroxylation sites is 3. The molecule has 0 unspecified atom stereocenters. The van der Waals surface area contributed by atoms with E-state index in [9.17, 15) is 0 Å². The lowest BCUT2D eigenvalue weighted by Crippen LogP contribution is -1.94. The molecule has 0 aliphatic rings. The fourth-order valence-corrected chi connectivity index (χ4v) is 9.98. The first-order chi connectivity index (χ1) is 29.3. The molecule has 0 saturated heterocycles. The van der Waals surface area contributed by atoms with Crippen LogP contribution in [-0.4, -0.2) is 4.57 Å². The Morgan fingerprint density at radius 1 is 0.356 bits per heavy atom. The molecule has 274 valence electrons. The number of benzene rings is 10. The molecule has 13 rings (SSSR count). The van der Waals surface area contributed by atoms with Gasteiger partial charge in [-0.3, -0.25) is 0 Å². The highest BCUT2D eigenvalue weighted by atomic mass is 16.3. The van der Waals surface area contributed by atoms with Crippen LogP contribution in [0.2, 0.25) is 0 Å². The van der Waals surface area contributed by atoms with Crippen LogP contribution in [0.4, 0.5) is 0 Å². The summed E-state index contributed by atoms with van der Waals surface area (Å²) in [5.74, 6) is 0. The van der Waals surface area contributed by atoms with Crippen LogP contribution in [0.3, 0.4) is 0 Å². The largest absolute Gasteiger partial charge is 0.463 e. The number of aromatic nitrogens is 1. The predicted octanol–water partition coefficient (Wildman–Crippen LogP) is 15.9. The van der Waals surface area contributed by atoms with E-state index in [0.29, 0.717) is 0 Å². The maximum atomic E-state index is 6.86. The molecule has 0 fully saturated rings. The van der Waals surface area contributed by atoms with Gasteiger partial charge in [0.15, 0.2) is 0 Å². The SMILES string of the molecule is c1ccc(-n2c3ccccc3c3ccc(-c4c5ccccc5c(-c5cc6oc7ccccc7c6c6c(-c7cccc8ccccc78)coc56)c5ccccc45)cc32)cc1. The van der Waals surface area contributed by atoms with Crippen molar-refractivity contribution in [1.29, 1.82) is 0 Å². The maximum Gasteiger partial charge on any atom is 0.143 e. The molecule has 0 saturated carbocycles. The van der Waals surface area contributed by atoms with Crippen molar-refractivity contribution in [1.82, 2.24) is 4.57 Å². The lowest BCUT2D eigenvalue weighted by atomic mass is 9.85. The van der Waals surface area contributed by atoms with Crippen LogP contribution < -0.4 is 0 Å². The van der Waals surface area contributed by atoms with Gasteiger partial charge in [0.05, 0.1) is 17.3 Å². The average Bonchev–Trinajstić information content (AvgIpc) is 4.00. The Kier molecular flexibility index (Phi) is 6.72. The number of hydrogen-bond acceptors (Lipinski definition) is 2. The molecule has 0 aliphatic carbocycles. The van der Waals surface area contributed by atoms with Gasteiger partial charge in [0, 0.05) is 49.3 Å². The van der Waals surface area contributed by atoms with Crippen LogP contribution in [0.5, 0.6) is 0 Å². The van der Waals surface area contributed by atoms with Crippen molar-refractivity contribution >= 4 is 87.0 Å². The molecule has 10 aromatic carbocycles. The minimum Gasteiger partial charge on any atom is -0.463 e. The van der Waals surface area contributed by atoms with Crippen LogP contribution in [-0.2, 0) is 0 Å². The average molecular weight is 752 g/mol. The zero-order chi connectivity index (χ0) is 38.6. The van der Waals surface area contributed by atoms with Gasteiger partial charge in [-0.25, -0.2) is 0 Å². The van der Waals surface area contributed by atoms with E-state index in [2.05, 4.69) is 193 Å². The van der Waals surface area contributed by atoms with Crippen molar-refractivity contribution in [3.05, 3.63) is 200 Å². The summed E-state index contributed by atoms with van der Waals surface area (Å²) < 4.78 is 16.0. The number of rotatable bonds is 4. The summed E-state index contributed by atoms with van der Waals surface area (Å²) in [7, 11) is 0. The summed E-state index contributed by atoms with van der Waals surface area (Å²) in [4.78, 5) is 0. The third-order valence-electron chi connectivity index (χ3n) is 12.4. The van der Waals surface area contributed by atoms with Crippen LogP contribution in [0, 0.1) is 0 Å². The first-order valence-corrected chi connectivity index (χ1v) is 20.2. The minimum atomic E-state index is 0.841. The zero-order valence-corrected chi connectivity index (χ0v) is 31.8. The highest BCUT2D eigenvalue weighted by Crippen LogP contribution is 2.51. The minimum absolute atomic E-state index is 0.841. The number of nitrogens with zero attached hydrogens (tertiary/aromatic N) is 1. The van der Waals surface area contributed by atoms with Gasteiger partial charge in [0.25, 0.3) is 0 Å². The molecule has 0 N–H and O–H groups in total. The topological polar surface area (TPSA) is 31.2 Å². The van der Waals surface area contributed by atoms with Crippen LogP contribution >= 0.6 is 0 Å². The molecule has 3 heterocycles. The summed E-state index contributed by atoms with van der Waals surface area (Å²) in [6.45, 7) is 0. The fraction of sp³-hybridized carbons (Fsp3) is 0. The van der Waals surface area contributed by atoms with Gasteiger partial charge in [-0.15, -0.1) is 0 Å². The van der Waals surface area contributed by atoms with Gasteiger partial charge in [0.1, 0.15) is 16.7 Å². The van der Waals surface area contributed by atoms with Crippen molar-refractivity contribution in [3.8, 4) is 39.1 Å². The zero-order valence-electron chi connectivity index (χ0n) is 31.8. The molecular formula is C56H33NO2. The Morgan fingerprint density at radius 3 is 1.75 bits per heavy atom. The second-order valence-electron chi connectivity index (χ2n) is 15.5. The Balaban J connectivity index is 1.14. The standard InChI is InChI=1S/C56H33NO2/c1-2-17-36(18-3-1)57-48-27-12-10-20-39(48)40-30-29-35(31-49(40)57)52-41-21-6-8-23-43(41)53(44-24-9-7-22-42(44)52)46-32-51-54(45-25-11-13-28-50(45)59-51)55-47(33-58-56(46)55)38-26-14-16-34-15-4-5-19-37(34)38/h1-33H. The van der Waals surface area contributed by atoms with Crippen molar-refractivity contribution in [2.24, 2.45) is 0 Å². The highest BCUT2D eigenvalue weighted by Gasteiger charge is 2.25. The van der Waals surface area contributed by atoms with Crippen LogP contribution in [0.1, 0.15) is 0 Å². The van der Waals surface area contributed by atoms with E-state index in [1.54, 1.807) is 0 Å². The second-order valence-corrected chi connectivity index (χ2v) is 15.5. The van der Waals surface area contributed by atoms with E-state index in [4.69, 9.17) is 8.83 Å². The van der Waals surface area contributed by atoms with Gasteiger partial charge in [0.2, 0.25) is 0 Å². The van der Waals surface area contributed by atoms with Crippen molar-refractivity contribution in [2.75, 3.05) is 0 Å². The predicted molar refractivity (Wildman–Crippen MR) is 247 cm³/mol. The molecule has 13 aromatic rings. The van der Waals surface area contributed by atoms with E-state index in [1.165, 1.54) is 54.5 Å². The Morgan fingerprint density at radius 2 is 0.966 bits per heavy atom. The molecule has 0 spiro atoms. The molecular weight excluding hydrogens is 719 g/mol. The van der Waals surface area contributed by atoms with E-state index in [-0.39, 0.29) is 0 Å². The third-order valence-corrected chi connectivity index (χ3v) is 12.4. The van der Waals surface area contributed by atoms with E-state index in [0.717, 1.165) is 71.6 Å². The molecule has 0 bridgehead atoms. The van der Waals surface area contributed by atoms with Crippen LogP contribution in [0.15, 0.2) is 209 Å². The van der Waals surface area contributed by atoms with Crippen molar-refractivity contribution in [2.45, 2.75) is 0 Å². The van der Waals surface area contributed by atoms with E-state index < -0.39 is 0 Å². The molecule has 3 aromatic heterocycles. The second kappa shape index (κ2) is 12.3. The fourth-order valence-electron chi connectivity index (χ4n) is 9.98. The molecule has 0 radical (unpaired) electrons. The monoisotopic (exact) mass is 751 g/mol. The molecule has 3 heteroatoms. The van der Waals surface area contributed by atoms with Gasteiger partial charge in [-0.1, -0.05) is 158 Å². The van der Waals surface area contributed by atoms with E-state index in [1.807, 2.05) is 12.3 Å². The number of furan rings is 2. The van der Waals surface area contributed by atoms with Crippen LogP contribution in [0.25, 0.3) is 126 Å². The summed E-state index contributed by atoms with van der Waals surface area (Å²) >= 11 is 0. The highest BCUT2D eigenvalue weighted by molar-refractivity contribution is 6.30.